The number of amides is 1. The third-order valence-electron chi connectivity index (χ3n) is 4.39. The minimum Gasteiger partial charge on any atom is -0.348 e. The molecule has 0 saturated heterocycles. The molecule has 1 heterocycles. The van der Waals surface area contributed by atoms with E-state index >= 15 is 0 Å². The van der Waals surface area contributed by atoms with Crippen LogP contribution in [0.25, 0.3) is 16.9 Å². The van der Waals surface area contributed by atoms with E-state index in [0.29, 0.717) is 17.8 Å². The molecular formula is C23H18FN3O. The van der Waals surface area contributed by atoms with Crippen molar-refractivity contribution in [1.29, 1.82) is 0 Å². The van der Waals surface area contributed by atoms with Gasteiger partial charge >= 0.3 is 0 Å². The van der Waals surface area contributed by atoms with E-state index in [-0.39, 0.29) is 11.7 Å². The second-order valence-electron chi connectivity index (χ2n) is 6.35. The van der Waals surface area contributed by atoms with Gasteiger partial charge < -0.3 is 5.32 Å². The van der Waals surface area contributed by atoms with E-state index in [1.165, 1.54) is 12.1 Å². The van der Waals surface area contributed by atoms with E-state index in [1.807, 2.05) is 60.7 Å². The topological polar surface area (TPSA) is 46.9 Å². The largest absolute Gasteiger partial charge is 0.348 e. The van der Waals surface area contributed by atoms with Crippen LogP contribution in [0.1, 0.15) is 15.9 Å². The molecule has 0 saturated carbocycles. The van der Waals surface area contributed by atoms with Crippen LogP contribution in [0.2, 0.25) is 0 Å². The Morgan fingerprint density at radius 2 is 1.54 bits per heavy atom. The molecule has 5 heteroatoms. The SMILES string of the molecule is O=C(NCc1ccc(F)cc1)c1cn(-c2ccccc2)nc1-c1ccccc1. The molecule has 0 aliphatic heterocycles. The van der Waals surface area contributed by atoms with E-state index < -0.39 is 0 Å². The van der Waals surface area contributed by atoms with E-state index in [0.717, 1.165) is 16.8 Å². The van der Waals surface area contributed by atoms with Crippen molar-refractivity contribution in [2.75, 3.05) is 0 Å². The highest BCUT2D eigenvalue weighted by Gasteiger charge is 2.18. The molecule has 4 nitrogen and oxygen atoms in total. The number of nitrogens with zero attached hydrogens (tertiary/aromatic N) is 2. The Labute approximate surface area is 162 Å². The highest BCUT2D eigenvalue weighted by molar-refractivity contribution is 5.99. The average molecular weight is 371 g/mol. The molecule has 138 valence electrons. The van der Waals surface area contributed by atoms with Gasteiger partial charge in [-0.05, 0) is 29.8 Å². The van der Waals surface area contributed by atoms with Crippen molar-refractivity contribution in [3.63, 3.8) is 0 Å². The molecule has 1 amide bonds. The lowest BCUT2D eigenvalue weighted by molar-refractivity contribution is 0.0951. The summed E-state index contributed by atoms with van der Waals surface area (Å²) in [6.07, 6.45) is 1.73. The Bertz CT molecular complexity index is 1070. The van der Waals surface area contributed by atoms with Gasteiger partial charge in [0, 0.05) is 18.3 Å². The Hall–Kier alpha value is -3.73. The van der Waals surface area contributed by atoms with Crippen LogP contribution in [0.15, 0.2) is 91.1 Å². The first kappa shape index (κ1) is 17.7. The molecule has 0 radical (unpaired) electrons. The first-order chi connectivity index (χ1) is 13.7. The minimum atomic E-state index is -0.300. The smallest absolute Gasteiger partial charge is 0.255 e. The number of benzene rings is 3. The molecule has 0 bridgehead atoms. The Morgan fingerprint density at radius 3 is 2.21 bits per heavy atom. The van der Waals surface area contributed by atoms with Crippen LogP contribution in [-0.4, -0.2) is 15.7 Å². The normalized spacial score (nSPS) is 10.6. The number of carbonyl (C=O) groups is 1. The third kappa shape index (κ3) is 3.83. The van der Waals surface area contributed by atoms with Crippen LogP contribution >= 0.6 is 0 Å². The van der Waals surface area contributed by atoms with Crippen LogP contribution in [0.5, 0.6) is 0 Å². The van der Waals surface area contributed by atoms with Gasteiger partial charge in [-0.3, -0.25) is 4.79 Å². The van der Waals surface area contributed by atoms with Crippen LogP contribution in [0, 0.1) is 5.82 Å². The van der Waals surface area contributed by atoms with E-state index in [9.17, 15) is 9.18 Å². The highest BCUT2D eigenvalue weighted by atomic mass is 19.1. The van der Waals surface area contributed by atoms with Gasteiger partial charge in [-0.25, -0.2) is 9.07 Å². The number of hydrogen-bond donors (Lipinski definition) is 1. The van der Waals surface area contributed by atoms with Crippen molar-refractivity contribution in [3.05, 3.63) is 108 Å². The summed E-state index contributed by atoms with van der Waals surface area (Å²) in [5.41, 5.74) is 3.66. The van der Waals surface area contributed by atoms with Crippen molar-refractivity contribution < 1.29 is 9.18 Å². The molecule has 28 heavy (non-hydrogen) atoms. The fourth-order valence-electron chi connectivity index (χ4n) is 2.94. The number of para-hydroxylation sites is 1. The van der Waals surface area contributed by atoms with Gasteiger partial charge in [0.05, 0.1) is 11.3 Å². The number of rotatable bonds is 5. The van der Waals surface area contributed by atoms with E-state index in [1.54, 1.807) is 23.0 Å². The standard InChI is InChI=1S/C23H18FN3O/c24-19-13-11-17(12-14-19)15-25-23(28)21-16-27(20-9-5-2-6-10-20)26-22(21)18-7-3-1-4-8-18/h1-14,16H,15H2,(H,25,28). The Morgan fingerprint density at radius 1 is 0.893 bits per heavy atom. The van der Waals surface area contributed by atoms with Crippen LogP contribution in [-0.2, 0) is 6.54 Å². The van der Waals surface area contributed by atoms with Crippen molar-refractivity contribution in [1.82, 2.24) is 15.1 Å². The molecule has 0 aliphatic carbocycles. The van der Waals surface area contributed by atoms with Gasteiger partial charge in [-0.1, -0.05) is 60.7 Å². The number of halogens is 1. The molecule has 0 aliphatic rings. The summed E-state index contributed by atoms with van der Waals surface area (Å²) in [6.45, 7) is 0.309. The third-order valence-corrected chi connectivity index (χ3v) is 4.39. The number of carbonyl (C=O) groups excluding carboxylic acids is 1. The maximum Gasteiger partial charge on any atom is 0.255 e. The minimum absolute atomic E-state index is 0.231. The molecule has 4 rings (SSSR count). The highest BCUT2D eigenvalue weighted by Crippen LogP contribution is 2.23. The lowest BCUT2D eigenvalue weighted by Gasteiger charge is -2.06. The maximum absolute atomic E-state index is 13.1. The molecule has 0 spiro atoms. The second kappa shape index (κ2) is 7.88. The number of nitrogens with one attached hydrogen (secondary N) is 1. The molecule has 4 aromatic rings. The van der Waals surface area contributed by atoms with Crippen molar-refractivity contribution in [2.45, 2.75) is 6.54 Å². The van der Waals surface area contributed by atoms with E-state index in [2.05, 4.69) is 10.4 Å². The first-order valence-corrected chi connectivity index (χ1v) is 8.94. The van der Waals surface area contributed by atoms with Gasteiger partial charge in [-0.15, -0.1) is 0 Å². The van der Waals surface area contributed by atoms with Gasteiger partial charge in [0.15, 0.2) is 0 Å². The molecule has 1 aromatic heterocycles. The molecule has 1 N–H and O–H groups in total. The van der Waals surface area contributed by atoms with Gasteiger partial charge in [0.25, 0.3) is 5.91 Å². The summed E-state index contributed by atoms with van der Waals surface area (Å²) in [5, 5.41) is 7.54. The summed E-state index contributed by atoms with van der Waals surface area (Å²) in [5.74, 6) is -0.532. The summed E-state index contributed by atoms with van der Waals surface area (Å²) < 4.78 is 14.8. The van der Waals surface area contributed by atoms with Crippen molar-refractivity contribution in [3.8, 4) is 16.9 Å². The maximum atomic E-state index is 13.1. The number of aromatic nitrogens is 2. The Balaban J connectivity index is 1.65. The predicted octanol–water partition coefficient (Wildman–Crippen LogP) is 4.61. The molecule has 0 atom stereocenters. The Kier molecular flexibility index (Phi) is 4.97. The van der Waals surface area contributed by atoms with Gasteiger partial charge in [-0.2, -0.15) is 5.10 Å². The second-order valence-corrected chi connectivity index (χ2v) is 6.35. The molecule has 3 aromatic carbocycles. The molecule has 0 fully saturated rings. The summed E-state index contributed by atoms with van der Waals surface area (Å²) in [4.78, 5) is 12.9. The average Bonchev–Trinajstić information content (AvgIpc) is 3.20. The fraction of sp³-hybridized carbons (Fsp3) is 0.0435. The van der Waals surface area contributed by atoms with Gasteiger partial charge in [0.1, 0.15) is 11.5 Å². The van der Waals surface area contributed by atoms with Gasteiger partial charge in [0.2, 0.25) is 0 Å². The summed E-state index contributed by atoms with van der Waals surface area (Å²) in [6, 6.07) is 25.3. The zero-order valence-electron chi connectivity index (χ0n) is 15.0. The number of hydrogen-bond acceptors (Lipinski definition) is 2. The van der Waals surface area contributed by atoms with Crippen LogP contribution < -0.4 is 5.32 Å². The zero-order chi connectivity index (χ0) is 19.3. The summed E-state index contributed by atoms with van der Waals surface area (Å²) in [7, 11) is 0. The summed E-state index contributed by atoms with van der Waals surface area (Å²) >= 11 is 0. The molecular weight excluding hydrogens is 353 g/mol. The lowest BCUT2D eigenvalue weighted by atomic mass is 10.1. The molecule has 0 unspecified atom stereocenters. The predicted molar refractivity (Wildman–Crippen MR) is 107 cm³/mol. The lowest BCUT2D eigenvalue weighted by Crippen LogP contribution is -2.23. The first-order valence-electron chi connectivity index (χ1n) is 8.94. The fourth-order valence-corrected chi connectivity index (χ4v) is 2.94. The van der Waals surface area contributed by atoms with Crippen molar-refractivity contribution in [2.24, 2.45) is 0 Å². The van der Waals surface area contributed by atoms with Crippen LogP contribution in [0.4, 0.5) is 4.39 Å². The van der Waals surface area contributed by atoms with Crippen LogP contribution in [0.3, 0.4) is 0 Å². The zero-order valence-corrected chi connectivity index (χ0v) is 15.0. The van der Waals surface area contributed by atoms with E-state index in [4.69, 9.17) is 0 Å². The van der Waals surface area contributed by atoms with Crippen molar-refractivity contribution >= 4 is 5.91 Å². The monoisotopic (exact) mass is 371 g/mol. The quantitative estimate of drug-likeness (QED) is 0.557.